The minimum absolute atomic E-state index is 0.0119. The van der Waals surface area contributed by atoms with Crippen molar-refractivity contribution in [2.75, 3.05) is 0 Å². The van der Waals surface area contributed by atoms with Gasteiger partial charge < -0.3 is 9.84 Å². The predicted molar refractivity (Wildman–Crippen MR) is 112 cm³/mol. The molecule has 3 heterocycles. The van der Waals surface area contributed by atoms with E-state index in [4.69, 9.17) is 4.52 Å². The van der Waals surface area contributed by atoms with Gasteiger partial charge in [-0.1, -0.05) is 36.4 Å². The van der Waals surface area contributed by atoms with Gasteiger partial charge in [-0.05, 0) is 30.2 Å². The van der Waals surface area contributed by atoms with Crippen molar-refractivity contribution < 1.29 is 9.32 Å². The average Bonchev–Trinajstić information content (AvgIpc) is 3.27. The molecule has 1 N–H and O–H groups in total. The fourth-order valence-electron chi connectivity index (χ4n) is 3.12. The van der Waals surface area contributed by atoms with Gasteiger partial charge in [0.2, 0.25) is 17.6 Å². The van der Waals surface area contributed by atoms with E-state index in [1.165, 1.54) is 4.68 Å². The van der Waals surface area contributed by atoms with E-state index in [0.29, 0.717) is 22.6 Å². The van der Waals surface area contributed by atoms with Gasteiger partial charge in [0.1, 0.15) is 11.6 Å². The van der Waals surface area contributed by atoms with Gasteiger partial charge in [0, 0.05) is 24.4 Å². The number of amides is 1. The Morgan fingerprint density at radius 2 is 1.94 bits per heavy atom. The molecule has 1 unspecified atom stereocenters. The number of pyridine rings is 1. The normalized spacial score (nSPS) is 12.2. The Balaban J connectivity index is 1.45. The van der Waals surface area contributed by atoms with E-state index in [0.717, 1.165) is 5.56 Å². The summed E-state index contributed by atoms with van der Waals surface area (Å²) in [6.45, 7) is 4.00. The van der Waals surface area contributed by atoms with Crippen LogP contribution in [0.4, 0.5) is 0 Å². The molecule has 1 atom stereocenters. The number of aromatic nitrogens is 6. The Kier molecular flexibility index (Phi) is 5.78. The van der Waals surface area contributed by atoms with Crippen molar-refractivity contribution in [3.63, 3.8) is 0 Å². The zero-order valence-electron chi connectivity index (χ0n) is 17.1. The lowest BCUT2D eigenvalue weighted by Crippen LogP contribution is -2.34. The molecule has 31 heavy (non-hydrogen) atoms. The maximum absolute atomic E-state index is 12.6. The van der Waals surface area contributed by atoms with Gasteiger partial charge in [0.05, 0.1) is 11.9 Å². The van der Waals surface area contributed by atoms with E-state index in [1.54, 1.807) is 48.8 Å². The third kappa shape index (κ3) is 4.47. The molecule has 3 aromatic heterocycles. The second-order valence-corrected chi connectivity index (χ2v) is 7.37. The van der Waals surface area contributed by atoms with Gasteiger partial charge >= 0.3 is 0 Å². The van der Waals surface area contributed by atoms with Crippen molar-refractivity contribution in [1.29, 1.82) is 0 Å². The highest BCUT2D eigenvalue weighted by Gasteiger charge is 2.25. The second kappa shape index (κ2) is 8.82. The van der Waals surface area contributed by atoms with Crippen LogP contribution in [0.25, 0.3) is 22.3 Å². The third-order valence-electron chi connectivity index (χ3n) is 4.81. The Morgan fingerprint density at radius 1 is 1.16 bits per heavy atom. The number of aryl methyl sites for hydroxylation is 1. The molecule has 0 fully saturated rings. The van der Waals surface area contributed by atoms with Gasteiger partial charge in [0.25, 0.3) is 5.56 Å². The summed E-state index contributed by atoms with van der Waals surface area (Å²) < 4.78 is 6.59. The number of benzene rings is 1. The smallest absolute Gasteiger partial charge is 0.277 e. The van der Waals surface area contributed by atoms with Crippen molar-refractivity contribution in [2.24, 2.45) is 5.92 Å². The highest BCUT2D eigenvalue weighted by Crippen LogP contribution is 2.23. The van der Waals surface area contributed by atoms with Crippen LogP contribution in [-0.2, 0) is 11.3 Å². The molecule has 0 aliphatic heterocycles. The number of hydrogen-bond donors (Lipinski definition) is 1. The quantitative estimate of drug-likeness (QED) is 0.482. The van der Waals surface area contributed by atoms with Crippen molar-refractivity contribution >= 4 is 16.8 Å². The summed E-state index contributed by atoms with van der Waals surface area (Å²) in [7, 11) is 0. The lowest BCUT2D eigenvalue weighted by molar-refractivity contribution is -0.122. The molecule has 0 bridgehead atoms. The first-order chi connectivity index (χ1) is 15.0. The number of fused-ring (bicyclic) bond motifs is 1. The summed E-state index contributed by atoms with van der Waals surface area (Å²) in [5.41, 5.74) is 1.01. The lowest BCUT2D eigenvalue weighted by atomic mass is 10.0. The molecule has 4 aromatic rings. The number of nitrogens with one attached hydrogen (secondary N) is 1. The molecule has 4 rings (SSSR count). The topological polar surface area (TPSA) is 129 Å². The Hall–Kier alpha value is -3.95. The Bertz CT molecular complexity index is 1250. The van der Waals surface area contributed by atoms with Crippen molar-refractivity contribution in [1.82, 2.24) is 35.4 Å². The molecule has 1 amide bonds. The third-order valence-corrected chi connectivity index (χ3v) is 4.81. The van der Waals surface area contributed by atoms with Crippen LogP contribution in [-0.4, -0.2) is 36.0 Å². The molecule has 0 radical (unpaired) electrons. The lowest BCUT2D eigenvalue weighted by Gasteiger charge is -2.18. The predicted octanol–water partition coefficient (Wildman–Crippen LogP) is 2.14. The van der Waals surface area contributed by atoms with Crippen LogP contribution in [0.2, 0.25) is 0 Å². The van der Waals surface area contributed by atoms with Crippen molar-refractivity contribution in [3.8, 4) is 11.4 Å². The summed E-state index contributed by atoms with van der Waals surface area (Å²) >= 11 is 0. The fourth-order valence-corrected chi connectivity index (χ4v) is 3.12. The molecule has 158 valence electrons. The number of carbonyl (C=O) groups excluding carboxylic acids is 1. The van der Waals surface area contributed by atoms with E-state index in [9.17, 15) is 9.59 Å². The van der Waals surface area contributed by atoms with Crippen LogP contribution in [0.1, 0.15) is 32.2 Å². The standard InChI is InChI=1S/C21H21N7O3/c1-13(2)18(20-24-19(26-31-20)14-7-10-22-11-8-14)23-17(29)9-12-28-21(30)15-5-3-4-6-16(15)25-27-28/h3-8,10-11,13,18H,9,12H2,1-2H3,(H,23,29). The summed E-state index contributed by atoms with van der Waals surface area (Å²) in [4.78, 5) is 33.5. The largest absolute Gasteiger partial charge is 0.344 e. The van der Waals surface area contributed by atoms with E-state index in [2.05, 4.69) is 30.8 Å². The molecule has 0 aliphatic carbocycles. The molecule has 0 aliphatic rings. The summed E-state index contributed by atoms with van der Waals surface area (Å²) in [6, 6.07) is 10.1. The van der Waals surface area contributed by atoms with Crippen LogP contribution in [0, 0.1) is 5.92 Å². The Morgan fingerprint density at radius 3 is 2.71 bits per heavy atom. The molecule has 10 heteroatoms. The maximum atomic E-state index is 12.6. The second-order valence-electron chi connectivity index (χ2n) is 7.37. The van der Waals surface area contributed by atoms with E-state index >= 15 is 0 Å². The van der Waals surface area contributed by atoms with Crippen LogP contribution >= 0.6 is 0 Å². The molecular weight excluding hydrogens is 398 g/mol. The number of rotatable bonds is 7. The average molecular weight is 419 g/mol. The fraction of sp³-hybridized carbons (Fsp3) is 0.286. The SMILES string of the molecule is CC(C)C(NC(=O)CCn1nnc2ccccc2c1=O)c1nc(-c2ccncc2)no1. The minimum Gasteiger partial charge on any atom is -0.344 e. The molecular formula is C21H21N7O3. The number of nitrogens with zero attached hydrogens (tertiary/aromatic N) is 6. The van der Waals surface area contributed by atoms with Gasteiger partial charge in [-0.25, -0.2) is 4.68 Å². The molecule has 0 saturated heterocycles. The van der Waals surface area contributed by atoms with Gasteiger partial charge in [-0.2, -0.15) is 4.98 Å². The summed E-state index contributed by atoms with van der Waals surface area (Å²) in [6.07, 6.45) is 3.34. The summed E-state index contributed by atoms with van der Waals surface area (Å²) in [5.74, 6) is 0.496. The zero-order valence-corrected chi connectivity index (χ0v) is 17.1. The molecule has 0 spiro atoms. The highest BCUT2D eigenvalue weighted by molar-refractivity contribution is 5.77. The number of carbonyl (C=O) groups is 1. The first-order valence-electron chi connectivity index (χ1n) is 9.89. The Labute approximate surface area is 177 Å². The van der Waals surface area contributed by atoms with E-state index in [1.807, 2.05) is 13.8 Å². The van der Waals surface area contributed by atoms with E-state index < -0.39 is 6.04 Å². The van der Waals surface area contributed by atoms with Crippen LogP contribution < -0.4 is 10.9 Å². The monoisotopic (exact) mass is 419 g/mol. The van der Waals surface area contributed by atoms with Gasteiger partial charge in [-0.3, -0.25) is 14.6 Å². The van der Waals surface area contributed by atoms with Crippen LogP contribution in [0.15, 0.2) is 58.1 Å². The van der Waals surface area contributed by atoms with Crippen LogP contribution in [0.5, 0.6) is 0 Å². The molecule has 1 aromatic carbocycles. The number of hydrogen-bond acceptors (Lipinski definition) is 8. The maximum Gasteiger partial charge on any atom is 0.277 e. The van der Waals surface area contributed by atoms with Crippen LogP contribution in [0.3, 0.4) is 0 Å². The zero-order chi connectivity index (χ0) is 21.8. The van der Waals surface area contributed by atoms with Crippen molar-refractivity contribution in [2.45, 2.75) is 32.9 Å². The van der Waals surface area contributed by atoms with Crippen molar-refractivity contribution in [3.05, 3.63) is 65.0 Å². The summed E-state index contributed by atoms with van der Waals surface area (Å²) in [5, 5.41) is 15.3. The molecule has 10 nitrogen and oxygen atoms in total. The van der Waals surface area contributed by atoms with E-state index in [-0.39, 0.29) is 30.3 Å². The van der Waals surface area contributed by atoms with Gasteiger partial charge in [-0.15, -0.1) is 5.10 Å². The minimum atomic E-state index is -0.463. The molecule has 0 saturated carbocycles. The highest BCUT2D eigenvalue weighted by atomic mass is 16.5. The van der Waals surface area contributed by atoms with Gasteiger partial charge in [0.15, 0.2) is 0 Å². The first-order valence-corrected chi connectivity index (χ1v) is 9.89. The first kappa shape index (κ1) is 20.3.